The molecule has 1 saturated carbocycles. The molecular formula is C14H17F3N4O. The standard InChI is InChI=1S/C14H17F3N4O/c1-20(13(22)21-7-9-4-10(9)8-21)19-6-12-3-2-11(5-18-12)14(15,16)17/h2-3,5,9-10,19H,4,6-8H2,1H3. The Labute approximate surface area is 126 Å². The number of hydrazine groups is 1. The lowest BCUT2D eigenvalue weighted by Crippen LogP contribution is -2.47. The predicted molar refractivity (Wildman–Crippen MR) is 72.4 cm³/mol. The average molecular weight is 314 g/mol. The first-order valence-corrected chi connectivity index (χ1v) is 7.13. The van der Waals surface area contributed by atoms with E-state index in [1.165, 1.54) is 17.5 Å². The minimum absolute atomic E-state index is 0.112. The molecule has 120 valence electrons. The average Bonchev–Trinajstić information content (AvgIpc) is 3.09. The Morgan fingerprint density at radius 1 is 1.41 bits per heavy atom. The number of urea groups is 1. The van der Waals surface area contributed by atoms with Gasteiger partial charge < -0.3 is 4.90 Å². The molecule has 2 atom stereocenters. The van der Waals surface area contributed by atoms with Gasteiger partial charge >= 0.3 is 12.2 Å². The van der Waals surface area contributed by atoms with Crippen LogP contribution in [0.1, 0.15) is 17.7 Å². The van der Waals surface area contributed by atoms with E-state index in [1.54, 1.807) is 11.9 Å². The molecule has 1 saturated heterocycles. The predicted octanol–water partition coefficient (Wildman–Crippen LogP) is 2.11. The zero-order valence-corrected chi connectivity index (χ0v) is 12.1. The number of piperidine rings is 1. The van der Waals surface area contributed by atoms with E-state index in [2.05, 4.69) is 10.4 Å². The fourth-order valence-corrected chi connectivity index (χ4v) is 2.73. The van der Waals surface area contributed by atoms with Gasteiger partial charge in [0.2, 0.25) is 0 Å². The molecule has 0 bridgehead atoms. The minimum atomic E-state index is -4.39. The number of amides is 2. The van der Waals surface area contributed by atoms with Crippen molar-refractivity contribution in [1.29, 1.82) is 0 Å². The summed E-state index contributed by atoms with van der Waals surface area (Å²) in [5, 5.41) is 1.37. The van der Waals surface area contributed by atoms with Crippen LogP contribution in [0.4, 0.5) is 18.0 Å². The molecule has 1 N–H and O–H groups in total. The van der Waals surface area contributed by atoms with Crippen LogP contribution in [0.5, 0.6) is 0 Å². The van der Waals surface area contributed by atoms with Crippen LogP contribution in [0.3, 0.4) is 0 Å². The molecule has 0 aromatic carbocycles. The number of nitrogens with one attached hydrogen (secondary N) is 1. The number of rotatable bonds is 3. The van der Waals surface area contributed by atoms with Crippen molar-refractivity contribution < 1.29 is 18.0 Å². The van der Waals surface area contributed by atoms with E-state index in [0.717, 1.165) is 25.4 Å². The van der Waals surface area contributed by atoms with Crippen LogP contribution in [0.15, 0.2) is 18.3 Å². The zero-order chi connectivity index (χ0) is 15.9. The molecule has 2 heterocycles. The monoisotopic (exact) mass is 314 g/mol. The summed E-state index contributed by atoms with van der Waals surface area (Å²) in [6.07, 6.45) is -2.37. The van der Waals surface area contributed by atoms with Crippen LogP contribution < -0.4 is 5.43 Å². The van der Waals surface area contributed by atoms with Gasteiger partial charge in [-0.25, -0.2) is 10.2 Å². The van der Waals surface area contributed by atoms with Gasteiger partial charge in [-0.05, 0) is 30.4 Å². The summed E-state index contributed by atoms with van der Waals surface area (Å²) in [5.74, 6) is 1.32. The van der Waals surface area contributed by atoms with Crippen molar-refractivity contribution in [2.75, 3.05) is 20.1 Å². The van der Waals surface area contributed by atoms with E-state index in [-0.39, 0.29) is 12.6 Å². The molecule has 2 aliphatic rings. The molecule has 1 aliphatic carbocycles. The molecule has 1 aliphatic heterocycles. The van der Waals surface area contributed by atoms with Crippen LogP contribution in [0.2, 0.25) is 0 Å². The number of nitrogens with zero attached hydrogens (tertiary/aromatic N) is 3. The summed E-state index contributed by atoms with van der Waals surface area (Å²) >= 11 is 0. The number of pyridine rings is 1. The highest BCUT2D eigenvalue weighted by molar-refractivity contribution is 5.74. The summed E-state index contributed by atoms with van der Waals surface area (Å²) in [7, 11) is 1.61. The Kier molecular flexibility index (Phi) is 3.72. The number of fused-ring (bicyclic) bond motifs is 1. The van der Waals surface area contributed by atoms with E-state index in [1.807, 2.05) is 0 Å². The molecule has 3 rings (SSSR count). The molecule has 1 aromatic rings. The van der Waals surface area contributed by atoms with E-state index < -0.39 is 11.7 Å². The topological polar surface area (TPSA) is 48.5 Å². The highest BCUT2D eigenvalue weighted by Crippen LogP contribution is 2.44. The minimum Gasteiger partial charge on any atom is -0.323 e. The van der Waals surface area contributed by atoms with E-state index in [9.17, 15) is 18.0 Å². The Morgan fingerprint density at radius 3 is 2.64 bits per heavy atom. The molecule has 8 heteroatoms. The van der Waals surface area contributed by atoms with Gasteiger partial charge in [-0.15, -0.1) is 0 Å². The van der Waals surface area contributed by atoms with Crippen molar-refractivity contribution in [2.45, 2.75) is 19.1 Å². The van der Waals surface area contributed by atoms with E-state index in [4.69, 9.17) is 0 Å². The second kappa shape index (κ2) is 5.42. The molecular weight excluding hydrogens is 297 g/mol. The summed E-state index contributed by atoms with van der Waals surface area (Å²) in [4.78, 5) is 17.7. The summed E-state index contributed by atoms with van der Waals surface area (Å²) in [6, 6.07) is 2.18. The summed E-state index contributed by atoms with van der Waals surface area (Å²) in [5.41, 5.74) is 2.52. The van der Waals surface area contributed by atoms with E-state index in [0.29, 0.717) is 17.5 Å². The fraction of sp³-hybridized carbons (Fsp3) is 0.571. The molecule has 5 nitrogen and oxygen atoms in total. The molecule has 2 amide bonds. The number of carbonyl (C=O) groups excluding carboxylic acids is 1. The molecule has 0 spiro atoms. The Morgan fingerprint density at radius 2 is 2.09 bits per heavy atom. The van der Waals surface area contributed by atoms with Crippen molar-refractivity contribution in [3.63, 3.8) is 0 Å². The number of hydrogen-bond acceptors (Lipinski definition) is 3. The number of likely N-dealkylation sites (tertiary alicyclic amines) is 1. The normalized spacial score (nSPS) is 23.4. The van der Waals surface area contributed by atoms with Gasteiger partial charge in [0.1, 0.15) is 0 Å². The number of alkyl halides is 3. The lowest BCUT2D eigenvalue weighted by atomic mass is 10.2. The van der Waals surface area contributed by atoms with E-state index >= 15 is 0 Å². The summed E-state index contributed by atoms with van der Waals surface area (Å²) < 4.78 is 37.3. The maximum Gasteiger partial charge on any atom is 0.417 e. The largest absolute Gasteiger partial charge is 0.417 e. The van der Waals surface area contributed by atoms with Crippen molar-refractivity contribution in [1.82, 2.24) is 20.3 Å². The van der Waals surface area contributed by atoms with Crippen LogP contribution >= 0.6 is 0 Å². The quantitative estimate of drug-likeness (QED) is 0.869. The van der Waals surface area contributed by atoms with Crippen LogP contribution in [0, 0.1) is 11.8 Å². The van der Waals surface area contributed by atoms with Crippen molar-refractivity contribution in [3.8, 4) is 0 Å². The molecule has 22 heavy (non-hydrogen) atoms. The van der Waals surface area contributed by atoms with Gasteiger partial charge in [0.25, 0.3) is 0 Å². The maximum absolute atomic E-state index is 12.4. The van der Waals surface area contributed by atoms with Crippen LogP contribution in [-0.2, 0) is 12.7 Å². The third-order valence-electron chi connectivity index (χ3n) is 4.19. The third-order valence-corrected chi connectivity index (χ3v) is 4.19. The van der Waals surface area contributed by atoms with Crippen molar-refractivity contribution in [2.24, 2.45) is 11.8 Å². The van der Waals surface area contributed by atoms with Gasteiger partial charge in [-0.1, -0.05) is 0 Å². The number of halogens is 3. The molecule has 2 fully saturated rings. The zero-order valence-electron chi connectivity index (χ0n) is 12.1. The van der Waals surface area contributed by atoms with Gasteiger partial charge in [0, 0.05) is 26.3 Å². The lowest BCUT2D eigenvalue weighted by molar-refractivity contribution is -0.137. The Bertz CT molecular complexity index is 550. The molecule has 2 unspecified atom stereocenters. The van der Waals surface area contributed by atoms with Gasteiger partial charge in [-0.2, -0.15) is 13.2 Å². The van der Waals surface area contributed by atoms with Gasteiger partial charge in [0.05, 0.1) is 17.8 Å². The Balaban J connectivity index is 1.50. The number of carbonyl (C=O) groups is 1. The fourth-order valence-electron chi connectivity index (χ4n) is 2.73. The Hall–Kier alpha value is -1.83. The third kappa shape index (κ3) is 3.16. The van der Waals surface area contributed by atoms with Crippen LogP contribution in [0.25, 0.3) is 0 Å². The second-order valence-corrected chi connectivity index (χ2v) is 5.87. The van der Waals surface area contributed by atoms with Crippen molar-refractivity contribution >= 4 is 6.03 Å². The van der Waals surface area contributed by atoms with Crippen LogP contribution in [-0.4, -0.2) is 41.1 Å². The first-order chi connectivity index (χ1) is 10.3. The highest BCUT2D eigenvalue weighted by Gasteiger charge is 2.47. The number of aromatic nitrogens is 1. The lowest BCUT2D eigenvalue weighted by Gasteiger charge is -2.26. The summed E-state index contributed by atoms with van der Waals surface area (Å²) in [6.45, 7) is 1.79. The maximum atomic E-state index is 12.4. The second-order valence-electron chi connectivity index (χ2n) is 5.87. The smallest absolute Gasteiger partial charge is 0.323 e. The van der Waals surface area contributed by atoms with Gasteiger partial charge in [0.15, 0.2) is 0 Å². The van der Waals surface area contributed by atoms with Gasteiger partial charge in [-0.3, -0.25) is 9.99 Å². The highest BCUT2D eigenvalue weighted by atomic mass is 19.4. The first-order valence-electron chi connectivity index (χ1n) is 7.13. The number of hydrogen-bond donors (Lipinski definition) is 1. The molecule has 0 radical (unpaired) electrons. The van der Waals surface area contributed by atoms with Crippen molar-refractivity contribution in [3.05, 3.63) is 29.6 Å². The SMILES string of the molecule is CN(NCc1ccc(C(F)(F)F)cn1)C(=O)N1CC2CC2C1. The molecule has 1 aromatic heterocycles. The first kappa shape index (κ1) is 15.1.